The maximum absolute atomic E-state index is 13.5. The molecule has 206 valence electrons. The first-order valence-electron chi connectivity index (χ1n) is 13.8. The molecule has 1 heterocycles. The van der Waals surface area contributed by atoms with Gasteiger partial charge in [0.15, 0.2) is 0 Å². The van der Waals surface area contributed by atoms with Crippen molar-refractivity contribution in [3.63, 3.8) is 0 Å². The van der Waals surface area contributed by atoms with E-state index >= 15 is 0 Å². The summed E-state index contributed by atoms with van der Waals surface area (Å²) < 4.78 is 5.40. The number of amides is 3. The van der Waals surface area contributed by atoms with Crippen LogP contribution in [0.15, 0.2) is 60.7 Å². The summed E-state index contributed by atoms with van der Waals surface area (Å²) >= 11 is 0. The number of benzene rings is 2. The zero-order valence-electron chi connectivity index (χ0n) is 23.1. The van der Waals surface area contributed by atoms with Gasteiger partial charge in [0.1, 0.15) is 12.6 Å². The lowest BCUT2D eigenvalue weighted by Gasteiger charge is -2.34. The Morgan fingerprint density at radius 3 is 2.13 bits per heavy atom. The number of hydrogen-bond donors (Lipinski definition) is 2. The number of unbranched alkanes of at least 4 members (excludes halogenated alkanes) is 1. The molecule has 2 N–H and O–H groups in total. The summed E-state index contributed by atoms with van der Waals surface area (Å²) in [6.45, 7) is 7.71. The first kappa shape index (κ1) is 29.2. The average Bonchev–Trinajstić information content (AvgIpc) is 2.91. The maximum atomic E-state index is 13.5. The van der Waals surface area contributed by atoms with Crippen molar-refractivity contribution in [1.82, 2.24) is 15.5 Å². The quantitative estimate of drug-likeness (QED) is 0.403. The second-order valence-corrected chi connectivity index (χ2v) is 11.2. The predicted molar refractivity (Wildman–Crippen MR) is 149 cm³/mol. The van der Waals surface area contributed by atoms with E-state index in [9.17, 15) is 14.4 Å². The largest absolute Gasteiger partial charge is 0.445 e. The molecule has 1 atom stereocenters. The summed E-state index contributed by atoms with van der Waals surface area (Å²) in [6, 6.07) is 19.3. The summed E-state index contributed by atoms with van der Waals surface area (Å²) in [5, 5.41) is 5.77. The van der Waals surface area contributed by atoms with Crippen LogP contribution in [0.1, 0.15) is 64.0 Å². The van der Waals surface area contributed by atoms with Gasteiger partial charge in [0.05, 0.1) is 0 Å². The van der Waals surface area contributed by atoms with E-state index < -0.39 is 17.6 Å². The van der Waals surface area contributed by atoms with Crippen molar-refractivity contribution in [2.24, 2.45) is 11.3 Å². The molecular formula is C31H43N3O4. The van der Waals surface area contributed by atoms with Gasteiger partial charge in [-0.25, -0.2) is 4.79 Å². The second-order valence-electron chi connectivity index (χ2n) is 11.2. The van der Waals surface area contributed by atoms with Crippen molar-refractivity contribution in [3.05, 3.63) is 71.8 Å². The van der Waals surface area contributed by atoms with Crippen LogP contribution in [0.2, 0.25) is 0 Å². The number of carbonyl (C=O) groups excluding carboxylic acids is 3. The molecule has 0 saturated carbocycles. The summed E-state index contributed by atoms with van der Waals surface area (Å²) in [5.74, 6) is 0.500. The first-order chi connectivity index (χ1) is 18.2. The molecule has 3 rings (SSSR count). The van der Waals surface area contributed by atoms with Gasteiger partial charge in [-0.15, -0.1) is 0 Å². The fourth-order valence-corrected chi connectivity index (χ4v) is 4.63. The molecule has 2 aromatic rings. The lowest BCUT2D eigenvalue weighted by Crippen LogP contribution is -2.51. The topological polar surface area (TPSA) is 87.7 Å². The molecule has 1 aliphatic heterocycles. The van der Waals surface area contributed by atoms with Crippen LogP contribution in [0, 0.1) is 11.3 Å². The highest BCUT2D eigenvalue weighted by Crippen LogP contribution is 2.23. The molecule has 3 amide bonds. The van der Waals surface area contributed by atoms with Crippen LogP contribution in [0.3, 0.4) is 0 Å². The van der Waals surface area contributed by atoms with Gasteiger partial charge in [-0.05, 0) is 55.6 Å². The SMILES string of the molecule is CC(C)(C)C(=O)NCCCCC(NC(=O)OCc1ccccc1)C(=O)N1CCC(Cc2ccccc2)CC1. The lowest BCUT2D eigenvalue weighted by molar-refractivity contribution is -0.135. The number of rotatable bonds is 11. The van der Waals surface area contributed by atoms with E-state index in [0.29, 0.717) is 38.4 Å². The molecule has 7 heteroatoms. The van der Waals surface area contributed by atoms with Gasteiger partial charge in [0, 0.05) is 25.0 Å². The second kappa shape index (κ2) is 14.6. The molecule has 2 aromatic carbocycles. The molecule has 0 spiro atoms. The molecule has 0 bridgehead atoms. The molecule has 1 fully saturated rings. The van der Waals surface area contributed by atoms with Gasteiger partial charge < -0.3 is 20.3 Å². The van der Waals surface area contributed by atoms with E-state index in [1.807, 2.05) is 62.1 Å². The van der Waals surface area contributed by atoms with Crippen LogP contribution >= 0.6 is 0 Å². The number of alkyl carbamates (subject to hydrolysis) is 1. The number of nitrogens with one attached hydrogen (secondary N) is 2. The molecule has 0 radical (unpaired) electrons. The minimum Gasteiger partial charge on any atom is -0.445 e. The summed E-state index contributed by atoms with van der Waals surface area (Å²) in [5.41, 5.74) is 1.78. The van der Waals surface area contributed by atoms with Crippen molar-refractivity contribution < 1.29 is 19.1 Å². The normalized spacial score (nSPS) is 15.0. The monoisotopic (exact) mass is 521 g/mol. The number of carbonyl (C=O) groups is 3. The van der Waals surface area contributed by atoms with Crippen LogP contribution in [0.4, 0.5) is 4.79 Å². The van der Waals surface area contributed by atoms with Gasteiger partial charge in [-0.1, -0.05) is 81.4 Å². The Hall–Kier alpha value is -3.35. The Balaban J connectivity index is 1.51. The molecule has 0 aliphatic carbocycles. The third-order valence-corrected chi connectivity index (χ3v) is 6.98. The number of piperidine rings is 1. The Morgan fingerprint density at radius 1 is 0.921 bits per heavy atom. The standard InChI is InChI=1S/C31H43N3O4/c1-31(2,3)29(36)32-19-11-10-16-27(33-30(37)38-23-26-14-8-5-9-15-26)28(35)34-20-17-25(18-21-34)22-24-12-6-4-7-13-24/h4-9,12-15,25,27H,10-11,16-23H2,1-3H3,(H,32,36)(H,33,37). The van der Waals surface area contributed by atoms with Gasteiger partial charge in [-0.3, -0.25) is 9.59 Å². The van der Waals surface area contributed by atoms with Gasteiger partial charge in [0.2, 0.25) is 11.8 Å². The third kappa shape index (κ3) is 9.84. The van der Waals surface area contributed by atoms with Crippen molar-refractivity contribution in [2.75, 3.05) is 19.6 Å². The predicted octanol–water partition coefficient (Wildman–Crippen LogP) is 5.10. The Labute approximate surface area is 227 Å². The van der Waals surface area contributed by atoms with Crippen LogP contribution in [-0.4, -0.2) is 48.5 Å². The molecule has 38 heavy (non-hydrogen) atoms. The maximum Gasteiger partial charge on any atom is 0.408 e. The highest BCUT2D eigenvalue weighted by molar-refractivity contribution is 5.85. The highest BCUT2D eigenvalue weighted by atomic mass is 16.5. The summed E-state index contributed by atoms with van der Waals surface area (Å²) in [4.78, 5) is 40.0. The van der Waals surface area contributed by atoms with Crippen molar-refractivity contribution in [2.45, 2.75) is 71.9 Å². The smallest absolute Gasteiger partial charge is 0.408 e. The first-order valence-corrected chi connectivity index (χ1v) is 13.8. The van der Waals surface area contributed by atoms with Gasteiger partial charge in [-0.2, -0.15) is 0 Å². The summed E-state index contributed by atoms with van der Waals surface area (Å²) in [7, 11) is 0. The Bertz CT molecular complexity index is 1010. The van der Waals surface area contributed by atoms with Crippen molar-refractivity contribution in [3.8, 4) is 0 Å². The third-order valence-electron chi connectivity index (χ3n) is 6.98. The zero-order valence-corrected chi connectivity index (χ0v) is 23.1. The summed E-state index contributed by atoms with van der Waals surface area (Å²) in [6.07, 6.45) is 4.25. The van der Waals surface area contributed by atoms with Crippen LogP contribution in [0.5, 0.6) is 0 Å². The van der Waals surface area contributed by atoms with E-state index in [1.54, 1.807) is 0 Å². The van der Waals surface area contributed by atoms with E-state index in [1.165, 1.54) is 5.56 Å². The van der Waals surface area contributed by atoms with Crippen LogP contribution in [-0.2, 0) is 27.4 Å². The fraction of sp³-hybridized carbons (Fsp3) is 0.516. The number of ether oxygens (including phenoxy) is 1. The van der Waals surface area contributed by atoms with E-state index in [4.69, 9.17) is 4.74 Å². The number of hydrogen-bond acceptors (Lipinski definition) is 4. The van der Waals surface area contributed by atoms with Gasteiger partial charge >= 0.3 is 6.09 Å². The van der Waals surface area contributed by atoms with Crippen LogP contribution < -0.4 is 10.6 Å². The van der Waals surface area contributed by atoms with Crippen LogP contribution in [0.25, 0.3) is 0 Å². The molecule has 7 nitrogen and oxygen atoms in total. The van der Waals surface area contributed by atoms with E-state index in [0.717, 1.165) is 31.2 Å². The lowest BCUT2D eigenvalue weighted by atomic mass is 9.90. The average molecular weight is 522 g/mol. The van der Waals surface area contributed by atoms with E-state index in [2.05, 4.69) is 34.9 Å². The zero-order chi connectivity index (χ0) is 27.4. The van der Waals surface area contributed by atoms with Gasteiger partial charge in [0.25, 0.3) is 0 Å². The minimum atomic E-state index is -0.651. The van der Waals surface area contributed by atoms with E-state index in [-0.39, 0.29) is 18.4 Å². The molecule has 1 saturated heterocycles. The number of nitrogens with zero attached hydrogens (tertiary/aromatic N) is 1. The molecule has 1 unspecified atom stereocenters. The van der Waals surface area contributed by atoms with Crippen molar-refractivity contribution in [1.29, 1.82) is 0 Å². The Morgan fingerprint density at radius 2 is 1.53 bits per heavy atom. The fourth-order valence-electron chi connectivity index (χ4n) is 4.63. The molecule has 0 aromatic heterocycles. The minimum absolute atomic E-state index is 0.00566. The van der Waals surface area contributed by atoms with Crippen molar-refractivity contribution >= 4 is 17.9 Å². The Kier molecular flexibility index (Phi) is 11.2. The molecular weight excluding hydrogens is 478 g/mol. The number of likely N-dealkylation sites (tertiary alicyclic amines) is 1. The highest BCUT2D eigenvalue weighted by Gasteiger charge is 2.29. The molecule has 1 aliphatic rings.